The van der Waals surface area contributed by atoms with Crippen molar-refractivity contribution in [3.05, 3.63) is 28.8 Å². The van der Waals surface area contributed by atoms with Gasteiger partial charge in [0.25, 0.3) is 0 Å². The molecule has 114 valence electrons. The molecular formula is C17H25N3S. The highest BCUT2D eigenvalue weighted by molar-refractivity contribution is 7.18. The zero-order valence-corrected chi connectivity index (χ0v) is 14.2. The monoisotopic (exact) mass is 303 g/mol. The Labute approximate surface area is 131 Å². The lowest BCUT2D eigenvalue weighted by Gasteiger charge is -2.28. The van der Waals surface area contributed by atoms with Crippen molar-refractivity contribution in [3.63, 3.8) is 0 Å². The summed E-state index contributed by atoms with van der Waals surface area (Å²) in [7, 11) is 4.21. The van der Waals surface area contributed by atoms with Crippen LogP contribution in [-0.4, -0.2) is 30.5 Å². The Morgan fingerprint density at radius 3 is 2.81 bits per heavy atom. The zero-order chi connectivity index (χ0) is 15.0. The van der Waals surface area contributed by atoms with Gasteiger partial charge < -0.3 is 10.2 Å². The number of aromatic nitrogens is 1. The van der Waals surface area contributed by atoms with Crippen LogP contribution in [0.1, 0.15) is 49.3 Å². The van der Waals surface area contributed by atoms with E-state index in [9.17, 15) is 0 Å². The van der Waals surface area contributed by atoms with Crippen LogP contribution in [0, 0.1) is 5.92 Å². The molecule has 1 aliphatic rings. The van der Waals surface area contributed by atoms with Gasteiger partial charge >= 0.3 is 0 Å². The molecule has 0 amide bonds. The molecule has 0 radical (unpaired) electrons. The van der Waals surface area contributed by atoms with Crippen LogP contribution in [0.15, 0.2) is 18.2 Å². The minimum Gasteiger partial charge on any atom is -0.310 e. The molecule has 21 heavy (non-hydrogen) atoms. The summed E-state index contributed by atoms with van der Waals surface area (Å²) in [5, 5.41) is 4.87. The number of hydrogen-bond donors (Lipinski definition) is 1. The summed E-state index contributed by atoms with van der Waals surface area (Å²) in [6.45, 7) is 5.66. The molecule has 1 fully saturated rings. The largest absolute Gasteiger partial charge is 0.310 e. The van der Waals surface area contributed by atoms with Gasteiger partial charge in [0, 0.05) is 6.04 Å². The van der Waals surface area contributed by atoms with Crippen molar-refractivity contribution in [1.82, 2.24) is 15.2 Å². The van der Waals surface area contributed by atoms with Gasteiger partial charge in [0.2, 0.25) is 0 Å². The molecule has 1 unspecified atom stereocenters. The van der Waals surface area contributed by atoms with Crippen molar-refractivity contribution in [2.45, 2.75) is 38.8 Å². The van der Waals surface area contributed by atoms with Crippen LogP contribution in [0.5, 0.6) is 0 Å². The highest BCUT2D eigenvalue weighted by atomic mass is 32.1. The van der Waals surface area contributed by atoms with E-state index >= 15 is 0 Å². The van der Waals surface area contributed by atoms with Gasteiger partial charge in [0.1, 0.15) is 5.01 Å². The Morgan fingerprint density at radius 2 is 2.14 bits per heavy atom. The topological polar surface area (TPSA) is 28.2 Å². The number of nitrogens with one attached hydrogen (secondary N) is 1. The highest BCUT2D eigenvalue weighted by Gasteiger charge is 2.20. The van der Waals surface area contributed by atoms with E-state index in [1.807, 2.05) is 11.3 Å². The van der Waals surface area contributed by atoms with Crippen LogP contribution in [-0.2, 0) is 0 Å². The van der Waals surface area contributed by atoms with Crippen molar-refractivity contribution in [2.24, 2.45) is 5.92 Å². The number of piperidine rings is 1. The second-order valence-electron chi connectivity index (χ2n) is 6.56. The predicted molar refractivity (Wildman–Crippen MR) is 90.9 cm³/mol. The van der Waals surface area contributed by atoms with E-state index in [1.54, 1.807) is 0 Å². The van der Waals surface area contributed by atoms with E-state index in [-0.39, 0.29) is 0 Å². The van der Waals surface area contributed by atoms with E-state index in [1.165, 1.54) is 28.1 Å². The second-order valence-corrected chi connectivity index (χ2v) is 7.62. The standard InChI is InChI=1S/C17H25N3S/c1-11-5-7-14(18-10-11)13-6-8-16-15(9-13)19-17(21-16)12(2)20(3)4/h6,8-9,11-12,14,18H,5,7,10H2,1-4H3/t11-,12?,14+/m0/s1. The molecule has 1 N–H and O–H groups in total. The molecule has 2 heterocycles. The van der Waals surface area contributed by atoms with Gasteiger partial charge in [-0.05, 0) is 64.0 Å². The number of nitrogens with zero attached hydrogens (tertiary/aromatic N) is 2. The lowest BCUT2D eigenvalue weighted by Crippen LogP contribution is -2.31. The van der Waals surface area contributed by atoms with Crippen molar-refractivity contribution >= 4 is 21.6 Å². The maximum atomic E-state index is 4.85. The van der Waals surface area contributed by atoms with Crippen LogP contribution in [0.2, 0.25) is 0 Å². The smallest absolute Gasteiger partial charge is 0.111 e. The van der Waals surface area contributed by atoms with Gasteiger partial charge in [-0.1, -0.05) is 13.0 Å². The summed E-state index contributed by atoms with van der Waals surface area (Å²) < 4.78 is 1.30. The van der Waals surface area contributed by atoms with E-state index in [0.29, 0.717) is 12.1 Å². The Kier molecular flexibility index (Phi) is 4.29. The van der Waals surface area contributed by atoms with E-state index in [0.717, 1.165) is 18.0 Å². The summed E-state index contributed by atoms with van der Waals surface area (Å²) in [6, 6.07) is 7.68. The van der Waals surface area contributed by atoms with Crippen LogP contribution in [0.4, 0.5) is 0 Å². The SMILES string of the molecule is CC(c1nc2cc([C@H]3CC[C@H](C)CN3)ccc2s1)N(C)C. The fraction of sp³-hybridized carbons (Fsp3) is 0.588. The lowest BCUT2D eigenvalue weighted by atomic mass is 9.92. The van der Waals surface area contributed by atoms with Gasteiger partial charge in [0.15, 0.2) is 0 Å². The van der Waals surface area contributed by atoms with Gasteiger partial charge in [-0.15, -0.1) is 11.3 Å². The molecule has 1 aliphatic heterocycles. The summed E-state index contributed by atoms with van der Waals surface area (Å²) in [4.78, 5) is 7.06. The van der Waals surface area contributed by atoms with E-state index in [4.69, 9.17) is 4.98 Å². The molecule has 0 bridgehead atoms. The number of benzene rings is 1. The first-order chi connectivity index (χ1) is 10.0. The molecule has 3 nitrogen and oxygen atoms in total. The van der Waals surface area contributed by atoms with Crippen molar-refractivity contribution in [3.8, 4) is 0 Å². The molecule has 0 saturated carbocycles. The first kappa shape index (κ1) is 14.9. The minimum absolute atomic E-state index is 0.375. The molecule has 1 aromatic carbocycles. The Hall–Kier alpha value is -0.970. The maximum Gasteiger partial charge on any atom is 0.111 e. The molecule has 0 aliphatic carbocycles. The quantitative estimate of drug-likeness (QED) is 0.929. The average Bonchev–Trinajstić information content (AvgIpc) is 2.89. The van der Waals surface area contributed by atoms with Crippen LogP contribution in [0.25, 0.3) is 10.2 Å². The average molecular weight is 303 g/mol. The van der Waals surface area contributed by atoms with Crippen LogP contribution in [0.3, 0.4) is 0 Å². The summed E-state index contributed by atoms with van der Waals surface area (Å²) in [5.41, 5.74) is 2.55. The third-order valence-electron chi connectivity index (χ3n) is 4.62. The van der Waals surface area contributed by atoms with Gasteiger partial charge in [-0.25, -0.2) is 4.98 Å². The third kappa shape index (κ3) is 3.12. The molecule has 1 saturated heterocycles. The molecule has 4 heteroatoms. The normalized spacial score (nSPS) is 24.6. The fourth-order valence-electron chi connectivity index (χ4n) is 2.86. The van der Waals surface area contributed by atoms with Gasteiger partial charge in [-0.3, -0.25) is 0 Å². The Balaban J connectivity index is 1.86. The van der Waals surface area contributed by atoms with Crippen molar-refractivity contribution in [2.75, 3.05) is 20.6 Å². The van der Waals surface area contributed by atoms with Gasteiger partial charge in [-0.2, -0.15) is 0 Å². The predicted octanol–water partition coefficient (Wildman–Crippen LogP) is 3.98. The summed E-state index contributed by atoms with van der Waals surface area (Å²) >= 11 is 1.82. The van der Waals surface area contributed by atoms with Gasteiger partial charge in [0.05, 0.1) is 16.3 Å². The molecule has 0 spiro atoms. The summed E-state index contributed by atoms with van der Waals surface area (Å²) in [6.07, 6.45) is 2.55. The third-order valence-corrected chi connectivity index (χ3v) is 5.83. The van der Waals surface area contributed by atoms with E-state index < -0.39 is 0 Å². The highest BCUT2D eigenvalue weighted by Crippen LogP contribution is 2.32. The molecular weight excluding hydrogens is 278 g/mol. The minimum atomic E-state index is 0.375. The number of hydrogen-bond acceptors (Lipinski definition) is 4. The van der Waals surface area contributed by atoms with Crippen molar-refractivity contribution in [1.29, 1.82) is 0 Å². The summed E-state index contributed by atoms with van der Waals surface area (Å²) in [5.74, 6) is 0.803. The van der Waals surface area contributed by atoms with E-state index in [2.05, 4.69) is 56.4 Å². The van der Waals surface area contributed by atoms with Crippen molar-refractivity contribution < 1.29 is 0 Å². The first-order valence-corrected chi connectivity index (χ1v) is 8.66. The molecule has 2 aromatic rings. The molecule has 1 aromatic heterocycles. The number of rotatable bonds is 3. The van der Waals surface area contributed by atoms with Crippen LogP contribution >= 0.6 is 11.3 Å². The number of fused-ring (bicyclic) bond motifs is 1. The lowest BCUT2D eigenvalue weighted by molar-refractivity contribution is 0.320. The fourth-order valence-corrected chi connectivity index (χ4v) is 3.96. The molecule has 3 atom stereocenters. The van der Waals surface area contributed by atoms with Crippen LogP contribution < -0.4 is 5.32 Å². The maximum absolute atomic E-state index is 4.85. The number of thiazole rings is 1. The zero-order valence-electron chi connectivity index (χ0n) is 13.4. The Morgan fingerprint density at radius 1 is 1.33 bits per heavy atom. The second kappa shape index (κ2) is 6.03. The Bertz CT molecular complexity index is 612. The first-order valence-electron chi connectivity index (χ1n) is 7.85. The molecule has 3 rings (SSSR count).